The Hall–Kier alpha value is -1.16. The molecular formula is C12H14F2N2. The minimum Gasteiger partial charge on any atom is -0.360 e. The second-order valence-electron chi connectivity index (χ2n) is 4.63. The van der Waals surface area contributed by atoms with Crippen LogP contribution < -0.4 is 10.2 Å². The fourth-order valence-corrected chi connectivity index (χ4v) is 2.88. The molecule has 0 saturated carbocycles. The lowest BCUT2D eigenvalue weighted by atomic mass is 10.1. The fourth-order valence-electron chi connectivity index (χ4n) is 2.88. The highest BCUT2D eigenvalue weighted by atomic mass is 19.1. The third kappa shape index (κ3) is 1.26. The number of halogens is 2. The van der Waals surface area contributed by atoms with Crippen molar-refractivity contribution in [1.29, 1.82) is 0 Å². The van der Waals surface area contributed by atoms with Gasteiger partial charge in [-0.15, -0.1) is 0 Å². The first-order valence-corrected chi connectivity index (χ1v) is 5.64. The van der Waals surface area contributed by atoms with Crippen molar-refractivity contribution in [2.24, 2.45) is 0 Å². The van der Waals surface area contributed by atoms with Crippen LogP contribution in [0.2, 0.25) is 0 Å². The molecule has 1 fully saturated rings. The van der Waals surface area contributed by atoms with E-state index in [1.165, 1.54) is 12.1 Å². The summed E-state index contributed by atoms with van der Waals surface area (Å²) in [4.78, 5) is 2.03. The van der Waals surface area contributed by atoms with Crippen LogP contribution in [0.25, 0.3) is 0 Å². The highest BCUT2D eigenvalue weighted by molar-refractivity contribution is 5.62. The number of fused-ring (bicyclic) bond motifs is 3. The van der Waals surface area contributed by atoms with Crippen molar-refractivity contribution >= 4 is 5.69 Å². The molecule has 1 aromatic carbocycles. The Labute approximate surface area is 93.3 Å². The van der Waals surface area contributed by atoms with E-state index in [-0.39, 0.29) is 23.7 Å². The van der Waals surface area contributed by atoms with Crippen LogP contribution in [0, 0.1) is 11.6 Å². The molecule has 4 heteroatoms. The average molecular weight is 224 g/mol. The van der Waals surface area contributed by atoms with E-state index in [1.807, 2.05) is 11.8 Å². The lowest BCUT2D eigenvalue weighted by Crippen LogP contribution is -2.55. The summed E-state index contributed by atoms with van der Waals surface area (Å²) in [5.41, 5.74) is 1.03. The summed E-state index contributed by atoms with van der Waals surface area (Å²) in [6.45, 7) is 3.67. The molecule has 3 rings (SSSR count). The Morgan fingerprint density at radius 3 is 2.81 bits per heavy atom. The minimum atomic E-state index is -0.298. The molecule has 0 amide bonds. The van der Waals surface area contributed by atoms with Gasteiger partial charge in [0.2, 0.25) is 0 Å². The zero-order valence-electron chi connectivity index (χ0n) is 9.13. The second-order valence-corrected chi connectivity index (χ2v) is 4.63. The summed E-state index contributed by atoms with van der Waals surface area (Å²) in [6.07, 6.45) is 0.607. The lowest BCUT2D eigenvalue weighted by Gasteiger charge is -2.38. The largest absolute Gasteiger partial charge is 0.360 e. The normalized spacial score (nSPS) is 27.8. The van der Waals surface area contributed by atoms with Crippen LogP contribution in [0.5, 0.6) is 0 Å². The van der Waals surface area contributed by atoms with Crippen LogP contribution in [0.4, 0.5) is 14.5 Å². The SMILES string of the molecule is CC1CNC[C@H]2Cc3c(F)ccc(F)c3N12. The third-order valence-electron chi connectivity index (χ3n) is 3.56. The molecule has 1 aromatic rings. The Kier molecular flexibility index (Phi) is 2.14. The summed E-state index contributed by atoms with van der Waals surface area (Å²) < 4.78 is 27.4. The molecule has 2 nitrogen and oxygen atoms in total. The van der Waals surface area contributed by atoms with E-state index in [2.05, 4.69) is 5.32 Å². The number of hydrogen-bond donors (Lipinski definition) is 1. The van der Waals surface area contributed by atoms with Gasteiger partial charge in [0, 0.05) is 30.7 Å². The minimum absolute atomic E-state index is 0.199. The monoisotopic (exact) mass is 224 g/mol. The molecule has 0 aromatic heterocycles. The first-order chi connectivity index (χ1) is 7.68. The average Bonchev–Trinajstić information content (AvgIpc) is 2.65. The summed E-state index contributed by atoms with van der Waals surface area (Å²) >= 11 is 0. The van der Waals surface area contributed by atoms with Crippen molar-refractivity contribution in [3.05, 3.63) is 29.3 Å². The van der Waals surface area contributed by atoms with Gasteiger partial charge in [0.05, 0.1) is 5.69 Å². The molecule has 16 heavy (non-hydrogen) atoms. The van der Waals surface area contributed by atoms with E-state index in [0.717, 1.165) is 13.1 Å². The molecule has 0 aliphatic carbocycles. The number of hydrogen-bond acceptors (Lipinski definition) is 2. The second kappa shape index (κ2) is 3.42. The number of nitrogens with zero attached hydrogens (tertiary/aromatic N) is 1. The van der Waals surface area contributed by atoms with E-state index >= 15 is 0 Å². The van der Waals surface area contributed by atoms with Gasteiger partial charge in [-0.1, -0.05) is 0 Å². The maximum Gasteiger partial charge on any atom is 0.147 e. The van der Waals surface area contributed by atoms with Crippen LogP contribution in [-0.4, -0.2) is 25.2 Å². The first kappa shape index (κ1) is 10.0. The summed E-state index contributed by atoms with van der Waals surface area (Å²) in [6, 6.07) is 2.87. The molecule has 2 aliphatic rings. The van der Waals surface area contributed by atoms with Crippen molar-refractivity contribution in [2.75, 3.05) is 18.0 Å². The topological polar surface area (TPSA) is 15.3 Å². The Morgan fingerprint density at radius 2 is 2.00 bits per heavy atom. The Morgan fingerprint density at radius 1 is 1.25 bits per heavy atom. The van der Waals surface area contributed by atoms with Crippen molar-refractivity contribution in [3.63, 3.8) is 0 Å². The number of nitrogens with one attached hydrogen (secondary N) is 1. The van der Waals surface area contributed by atoms with Gasteiger partial charge >= 0.3 is 0 Å². The van der Waals surface area contributed by atoms with E-state index in [0.29, 0.717) is 17.7 Å². The summed E-state index contributed by atoms with van der Waals surface area (Å²) in [7, 11) is 0. The van der Waals surface area contributed by atoms with E-state index in [1.54, 1.807) is 0 Å². The highest BCUT2D eigenvalue weighted by Gasteiger charge is 2.38. The van der Waals surface area contributed by atoms with Gasteiger partial charge in [-0.3, -0.25) is 0 Å². The fraction of sp³-hybridized carbons (Fsp3) is 0.500. The van der Waals surface area contributed by atoms with E-state index in [9.17, 15) is 8.78 Å². The van der Waals surface area contributed by atoms with Crippen molar-refractivity contribution in [3.8, 4) is 0 Å². The number of anilines is 1. The zero-order chi connectivity index (χ0) is 11.3. The van der Waals surface area contributed by atoms with Crippen LogP contribution in [0.3, 0.4) is 0 Å². The third-order valence-corrected chi connectivity index (χ3v) is 3.56. The molecule has 0 bridgehead atoms. The molecule has 2 heterocycles. The standard InChI is InChI=1S/C12H14F2N2/c1-7-5-15-6-8-4-9-10(13)2-3-11(14)12(9)16(7)8/h2-3,7-8,15H,4-6H2,1H3/t7?,8-/m1/s1. The van der Waals surface area contributed by atoms with Crippen molar-refractivity contribution < 1.29 is 8.78 Å². The molecule has 86 valence electrons. The predicted molar refractivity (Wildman–Crippen MR) is 58.7 cm³/mol. The molecule has 0 radical (unpaired) electrons. The number of benzene rings is 1. The van der Waals surface area contributed by atoms with Crippen molar-refractivity contribution in [2.45, 2.75) is 25.4 Å². The summed E-state index contributed by atoms with van der Waals surface area (Å²) in [5, 5.41) is 3.29. The van der Waals surface area contributed by atoms with Gasteiger partial charge in [-0.2, -0.15) is 0 Å². The maximum atomic E-state index is 13.8. The van der Waals surface area contributed by atoms with E-state index < -0.39 is 0 Å². The molecule has 1 saturated heterocycles. The predicted octanol–water partition coefficient (Wildman–Crippen LogP) is 1.69. The van der Waals surface area contributed by atoms with Gasteiger partial charge in [0.1, 0.15) is 11.6 Å². The van der Waals surface area contributed by atoms with Gasteiger partial charge in [-0.05, 0) is 25.5 Å². The molecule has 2 aliphatic heterocycles. The number of rotatable bonds is 0. The van der Waals surface area contributed by atoms with Gasteiger partial charge < -0.3 is 10.2 Å². The number of piperazine rings is 1. The smallest absolute Gasteiger partial charge is 0.147 e. The van der Waals surface area contributed by atoms with Gasteiger partial charge in [0.15, 0.2) is 0 Å². The molecule has 1 N–H and O–H groups in total. The molecule has 2 atom stereocenters. The van der Waals surface area contributed by atoms with Gasteiger partial charge in [0.25, 0.3) is 0 Å². The highest BCUT2D eigenvalue weighted by Crippen LogP contribution is 2.38. The van der Waals surface area contributed by atoms with Gasteiger partial charge in [-0.25, -0.2) is 8.78 Å². The first-order valence-electron chi connectivity index (χ1n) is 5.64. The van der Waals surface area contributed by atoms with Crippen LogP contribution in [-0.2, 0) is 6.42 Å². The van der Waals surface area contributed by atoms with Crippen LogP contribution in [0.15, 0.2) is 12.1 Å². The van der Waals surface area contributed by atoms with E-state index in [4.69, 9.17) is 0 Å². The molecule has 0 spiro atoms. The van der Waals surface area contributed by atoms with Crippen molar-refractivity contribution in [1.82, 2.24) is 5.32 Å². The molecular weight excluding hydrogens is 210 g/mol. The lowest BCUT2D eigenvalue weighted by molar-refractivity contribution is 0.425. The summed E-state index contributed by atoms with van der Waals surface area (Å²) in [5.74, 6) is -0.578. The van der Waals surface area contributed by atoms with Crippen LogP contribution in [0.1, 0.15) is 12.5 Å². The zero-order valence-corrected chi connectivity index (χ0v) is 9.13. The quantitative estimate of drug-likeness (QED) is 0.721. The Balaban J connectivity index is 2.13. The Bertz CT molecular complexity index is 433. The van der Waals surface area contributed by atoms with Crippen LogP contribution >= 0.6 is 0 Å². The maximum absolute atomic E-state index is 13.8. The molecule has 1 unspecified atom stereocenters.